The number of thioether (sulfide) groups is 1. The van der Waals surface area contributed by atoms with Crippen molar-refractivity contribution < 1.29 is 14.7 Å². The molecular formula is C10H11N3O4S. The van der Waals surface area contributed by atoms with Crippen LogP contribution in [0, 0.1) is 5.92 Å². The van der Waals surface area contributed by atoms with Gasteiger partial charge >= 0.3 is 5.97 Å². The van der Waals surface area contributed by atoms with Gasteiger partial charge in [-0.3, -0.25) is 19.3 Å². The number of aliphatic carboxylic acids is 1. The van der Waals surface area contributed by atoms with Crippen LogP contribution >= 0.6 is 11.8 Å². The molecule has 8 heteroatoms. The van der Waals surface area contributed by atoms with Gasteiger partial charge in [0.15, 0.2) is 5.16 Å². The molecule has 7 nitrogen and oxygen atoms in total. The van der Waals surface area contributed by atoms with E-state index in [1.807, 2.05) is 0 Å². The monoisotopic (exact) mass is 269 g/mol. The van der Waals surface area contributed by atoms with Gasteiger partial charge in [-0.2, -0.15) is 0 Å². The van der Waals surface area contributed by atoms with Crippen molar-refractivity contribution >= 4 is 29.5 Å². The van der Waals surface area contributed by atoms with Crippen molar-refractivity contribution in [2.45, 2.75) is 11.6 Å². The molecule has 0 bridgehead atoms. The smallest absolute Gasteiger partial charge is 0.308 e. The number of H-pyrrole nitrogens is 1. The maximum Gasteiger partial charge on any atom is 0.308 e. The number of aromatic nitrogens is 2. The van der Waals surface area contributed by atoms with E-state index in [-0.39, 0.29) is 30.2 Å². The first-order chi connectivity index (χ1) is 8.51. The van der Waals surface area contributed by atoms with Gasteiger partial charge in [0.1, 0.15) is 5.82 Å². The van der Waals surface area contributed by atoms with E-state index in [1.54, 1.807) is 6.26 Å². The highest BCUT2D eigenvalue weighted by atomic mass is 32.2. The second-order valence-electron chi connectivity index (χ2n) is 3.86. The van der Waals surface area contributed by atoms with Gasteiger partial charge in [0.05, 0.1) is 5.92 Å². The number of carbonyl (C=O) groups excluding carboxylic acids is 1. The lowest BCUT2D eigenvalue weighted by Crippen LogP contribution is -2.28. The standard InChI is InChI=1S/C10H11N3O4S/c1-18-10-11-6(3-7(14)12-10)13-4-5(9(16)17)2-8(13)15/h3,5H,2,4H2,1H3,(H,16,17)(H,11,12,14). The highest BCUT2D eigenvalue weighted by Crippen LogP contribution is 2.23. The Labute approximate surface area is 106 Å². The molecule has 1 aliphatic rings. The molecule has 1 fully saturated rings. The first-order valence-electron chi connectivity index (χ1n) is 5.20. The molecule has 1 aromatic rings. The number of aromatic amines is 1. The summed E-state index contributed by atoms with van der Waals surface area (Å²) in [6, 6.07) is 1.20. The fourth-order valence-corrected chi connectivity index (χ4v) is 2.14. The normalized spacial score (nSPS) is 19.3. The van der Waals surface area contributed by atoms with Crippen molar-refractivity contribution in [1.82, 2.24) is 9.97 Å². The molecule has 0 aromatic carbocycles. The number of amides is 1. The lowest BCUT2D eigenvalue weighted by molar-refractivity contribution is -0.141. The van der Waals surface area contributed by atoms with Gasteiger partial charge in [-0.25, -0.2) is 4.98 Å². The Hall–Kier alpha value is -1.83. The first-order valence-corrected chi connectivity index (χ1v) is 6.42. The predicted octanol–water partition coefficient (Wildman–Crippen LogP) is -0.0707. The van der Waals surface area contributed by atoms with Gasteiger partial charge in [-0.1, -0.05) is 11.8 Å². The van der Waals surface area contributed by atoms with E-state index in [0.29, 0.717) is 5.16 Å². The Morgan fingerprint density at radius 3 is 2.89 bits per heavy atom. The molecule has 1 saturated heterocycles. The number of hydrogen-bond acceptors (Lipinski definition) is 5. The lowest BCUT2D eigenvalue weighted by Gasteiger charge is -2.14. The summed E-state index contributed by atoms with van der Waals surface area (Å²) in [4.78, 5) is 41.8. The summed E-state index contributed by atoms with van der Waals surface area (Å²) in [7, 11) is 0. The minimum absolute atomic E-state index is 0.0540. The number of nitrogens with one attached hydrogen (secondary N) is 1. The van der Waals surface area contributed by atoms with E-state index in [1.165, 1.54) is 22.7 Å². The Morgan fingerprint density at radius 2 is 2.33 bits per heavy atom. The van der Waals surface area contributed by atoms with Crippen LogP contribution in [-0.4, -0.2) is 39.8 Å². The number of rotatable bonds is 3. The molecule has 18 heavy (non-hydrogen) atoms. The van der Waals surface area contributed by atoms with E-state index < -0.39 is 11.9 Å². The van der Waals surface area contributed by atoms with Crippen LogP contribution in [0.1, 0.15) is 6.42 Å². The maximum absolute atomic E-state index is 11.7. The fraction of sp³-hybridized carbons (Fsp3) is 0.400. The number of nitrogens with zero attached hydrogens (tertiary/aromatic N) is 2. The Bertz CT molecular complexity index is 556. The second-order valence-corrected chi connectivity index (χ2v) is 4.65. The fourth-order valence-electron chi connectivity index (χ4n) is 1.75. The molecule has 1 atom stereocenters. The molecule has 1 aromatic heterocycles. The molecule has 1 amide bonds. The topological polar surface area (TPSA) is 103 Å². The summed E-state index contributed by atoms with van der Waals surface area (Å²) in [5.41, 5.74) is -0.365. The minimum Gasteiger partial charge on any atom is -0.481 e. The van der Waals surface area contributed by atoms with Crippen LogP contribution in [-0.2, 0) is 9.59 Å². The Morgan fingerprint density at radius 1 is 1.61 bits per heavy atom. The number of carbonyl (C=O) groups is 2. The summed E-state index contributed by atoms with van der Waals surface area (Å²) in [5, 5.41) is 9.27. The summed E-state index contributed by atoms with van der Waals surface area (Å²) in [6.07, 6.45) is 1.69. The number of anilines is 1. The summed E-state index contributed by atoms with van der Waals surface area (Å²) < 4.78 is 0. The summed E-state index contributed by atoms with van der Waals surface area (Å²) in [5.74, 6) is -1.87. The molecular weight excluding hydrogens is 258 g/mol. The first kappa shape index (κ1) is 12.6. The molecule has 0 saturated carbocycles. The second kappa shape index (κ2) is 4.81. The van der Waals surface area contributed by atoms with Gasteiger partial charge in [-0.15, -0.1) is 0 Å². The van der Waals surface area contributed by atoms with Gasteiger partial charge in [0, 0.05) is 19.0 Å². The van der Waals surface area contributed by atoms with Gasteiger partial charge in [0.2, 0.25) is 5.91 Å². The average Bonchev–Trinajstić information content (AvgIpc) is 2.70. The van der Waals surface area contributed by atoms with Gasteiger partial charge in [0.25, 0.3) is 5.56 Å². The van der Waals surface area contributed by atoms with Crippen LogP contribution in [0.2, 0.25) is 0 Å². The zero-order valence-electron chi connectivity index (χ0n) is 9.54. The third kappa shape index (κ3) is 2.37. The maximum atomic E-state index is 11.7. The Kier molecular flexibility index (Phi) is 3.37. The molecule has 1 unspecified atom stereocenters. The molecule has 2 rings (SSSR count). The average molecular weight is 269 g/mol. The molecule has 2 N–H and O–H groups in total. The number of carboxylic acids is 1. The van der Waals surface area contributed by atoms with E-state index in [0.717, 1.165) is 0 Å². The zero-order valence-corrected chi connectivity index (χ0v) is 10.4. The molecule has 96 valence electrons. The zero-order chi connectivity index (χ0) is 13.3. The van der Waals surface area contributed by atoms with E-state index in [4.69, 9.17) is 5.11 Å². The quantitative estimate of drug-likeness (QED) is 0.588. The number of carboxylic acid groups (broad SMARTS) is 1. The molecule has 1 aliphatic heterocycles. The molecule has 0 radical (unpaired) electrons. The van der Waals surface area contributed by atoms with Crippen molar-refractivity contribution in [3.05, 3.63) is 16.4 Å². The van der Waals surface area contributed by atoms with Crippen LogP contribution in [0.3, 0.4) is 0 Å². The van der Waals surface area contributed by atoms with Crippen molar-refractivity contribution in [3.63, 3.8) is 0 Å². The summed E-state index contributed by atoms with van der Waals surface area (Å²) in [6.45, 7) is 0.0540. The minimum atomic E-state index is -1.01. The van der Waals surface area contributed by atoms with Crippen molar-refractivity contribution in [1.29, 1.82) is 0 Å². The predicted molar refractivity (Wildman–Crippen MR) is 64.7 cm³/mol. The number of hydrogen-bond donors (Lipinski definition) is 2. The molecule has 2 heterocycles. The molecule has 0 spiro atoms. The van der Waals surface area contributed by atoms with Crippen LogP contribution in [0.5, 0.6) is 0 Å². The Balaban J connectivity index is 2.32. The van der Waals surface area contributed by atoms with Crippen molar-refractivity contribution in [3.8, 4) is 0 Å². The van der Waals surface area contributed by atoms with Crippen LogP contribution in [0.4, 0.5) is 5.82 Å². The van der Waals surface area contributed by atoms with E-state index >= 15 is 0 Å². The van der Waals surface area contributed by atoms with Gasteiger partial charge < -0.3 is 10.1 Å². The third-order valence-electron chi connectivity index (χ3n) is 2.65. The highest BCUT2D eigenvalue weighted by molar-refractivity contribution is 7.98. The summed E-state index contributed by atoms with van der Waals surface area (Å²) >= 11 is 1.24. The van der Waals surface area contributed by atoms with Crippen LogP contribution in [0.25, 0.3) is 0 Å². The van der Waals surface area contributed by atoms with Crippen LogP contribution in [0.15, 0.2) is 16.0 Å². The highest BCUT2D eigenvalue weighted by Gasteiger charge is 2.35. The van der Waals surface area contributed by atoms with Crippen molar-refractivity contribution in [2.24, 2.45) is 5.92 Å². The SMILES string of the molecule is CSc1nc(N2CC(C(=O)O)CC2=O)cc(=O)[nH]1. The third-order valence-corrected chi connectivity index (χ3v) is 3.23. The largest absolute Gasteiger partial charge is 0.481 e. The van der Waals surface area contributed by atoms with Crippen molar-refractivity contribution in [2.75, 3.05) is 17.7 Å². The molecule has 0 aliphatic carbocycles. The lowest BCUT2D eigenvalue weighted by atomic mass is 10.1. The van der Waals surface area contributed by atoms with Crippen LogP contribution < -0.4 is 10.5 Å². The van der Waals surface area contributed by atoms with E-state index in [9.17, 15) is 14.4 Å². The van der Waals surface area contributed by atoms with Gasteiger partial charge in [-0.05, 0) is 6.26 Å². The van der Waals surface area contributed by atoms with E-state index in [2.05, 4.69) is 9.97 Å².